The number of nitrogens with one attached hydrogen (secondary N) is 1. The average molecular weight is 265 g/mol. The number of aromatic nitrogens is 1. The van der Waals surface area contributed by atoms with Gasteiger partial charge in [-0.3, -0.25) is 4.90 Å². The number of likely N-dealkylation sites (tertiary alicyclic amines) is 1. The van der Waals surface area contributed by atoms with Gasteiger partial charge in [0.05, 0.1) is 16.7 Å². The van der Waals surface area contributed by atoms with Gasteiger partial charge in [0, 0.05) is 11.4 Å². The van der Waals surface area contributed by atoms with Crippen molar-refractivity contribution in [3.05, 3.63) is 16.1 Å². The van der Waals surface area contributed by atoms with E-state index in [-0.39, 0.29) is 0 Å². The molecular weight excluding hydrogens is 242 g/mol. The van der Waals surface area contributed by atoms with Crippen LogP contribution in [0.1, 0.15) is 42.4 Å². The Morgan fingerprint density at radius 2 is 2.28 bits per heavy atom. The van der Waals surface area contributed by atoms with Crippen LogP contribution < -0.4 is 5.32 Å². The first-order chi connectivity index (χ1) is 8.79. The lowest BCUT2D eigenvalue weighted by Crippen LogP contribution is -2.43. The van der Waals surface area contributed by atoms with Crippen molar-refractivity contribution in [3.8, 4) is 0 Å². The van der Waals surface area contributed by atoms with E-state index in [2.05, 4.69) is 29.6 Å². The molecule has 0 spiro atoms. The number of hydrogen-bond acceptors (Lipinski definition) is 4. The number of nitrogens with zero attached hydrogens (tertiary/aromatic N) is 2. The van der Waals surface area contributed by atoms with Crippen LogP contribution in [0.3, 0.4) is 0 Å². The molecule has 2 heterocycles. The number of piperidine rings is 1. The van der Waals surface area contributed by atoms with Gasteiger partial charge in [0.2, 0.25) is 0 Å². The maximum absolute atomic E-state index is 4.78. The van der Waals surface area contributed by atoms with Crippen molar-refractivity contribution in [3.63, 3.8) is 0 Å². The molecule has 1 aliphatic heterocycles. The van der Waals surface area contributed by atoms with Gasteiger partial charge < -0.3 is 5.32 Å². The Morgan fingerprint density at radius 3 is 2.89 bits per heavy atom. The Labute approximate surface area is 114 Å². The summed E-state index contributed by atoms with van der Waals surface area (Å²) >= 11 is 1.79. The van der Waals surface area contributed by atoms with Crippen LogP contribution >= 0.6 is 11.3 Å². The second-order valence-corrected chi connectivity index (χ2v) is 6.73. The molecule has 18 heavy (non-hydrogen) atoms. The second kappa shape index (κ2) is 5.27. The van der Waals surface area contributed by atoms with Crippen LogP contribution in [0.2, 0.25) is 0 Å². The van der Waals surface area contributed by atoms with E-state index in [1.807, 2.05) is 0 Å². The highest BCUT2D eigenvalue weighted by molar-refractivity contribution is 7.09. The van der Waals surface area contributed by atoms with Gasteiger partial charge in [0.15, 0.2) is 0 Å². The van der Waals surface area contributed by atoms with Gasteiger partial charge in [-0.1, -0.05) is 0 Å². The van der Waals surface area contributed by atoms with Gasteiger partial charge in [0.1, 0.15) is 0 Å². The van der Waals surface area contributed by atoms with Crippen LogP contribution in [0, 0.1) is 12.8 Å². The van der Waals surface area contributed by atoms with E-state index in [0.29, 0.717) is 6.04 Å². The molecule has 1 aromatic heterocycles. The fourth-order valence-electron chi connectivity index (χ4n) is 3.32. The SMILES string of the molecule is CNCC1CCCN(C2CC2)C1c1csc(C)n1. The highest BCUT2D eigenvalue weighted by atomic mass is 32.1. The summed E-state index contributed by atoms with van der Waals surface area (Å²) in [7, 11) is 2.07. The lowest BCUT2D eigenvalue weighted by molar-refractivity contribution is 0.0819. The maximum atomic E-state index is 4.78. The molecule has 1 aromatic rings. The lowest BCUT2D eigenvalue weighted by atomic mass is 9.87. The van der Waals surface area contributed by atoms with Gasteiger partial charge in [-0.2, -0.15) is 0 Å². The highest BCUT2D eigenvalue weighted by Crippen LogP contribution is 2.42. The van der Waals surface area contributed by atoms with E-state index in [0.717, 1.165) is 18.5 Å². The molecule has 2 aliphatic rings. The van der Waals surface area contributed by atoms with Gasteiger partial charge in [-0.25, -0.2) is 4.98 Å². The molecule has 100 valence electrons. The van der Waals surface area contributed by atoms with Gasteiger partial charge in [0.25, 0.3) is 0 Å². The Bertz CT molecular complexity index is 397. The zero-order valence-electron chi connectivity index (χ0n) is 11.4. The molecular formula is C14H23N3S. The summed E-state index contributed by atoms with van der Waals surface area (Å²) in [5.41, 5.74) is 1.32. The van der Waals surface area contributed by atoms with E-state index in [4.69, 9.17) is 4.98 Å². The fraction of sp³-hybridized carbons (Fsp3) is 0.786. The first-order valence-electron chi connectivity index (χ1n) is 7.12. The third kappa shape index (κ3) is 2.46. The summed E-state index contributed by atoms with van der Waals surface area (Å²) in [6.07, 6.45) is 5.48. The quantitative estimate of drug-likeness (QED) is 0.907. The van der Waals surface area contributed by atoms with E-state index in [9.17, 15) is 0 Å². The third-order valence-electron chi connectivity index (χ3n) is 4.22. The fourth-order valence-corrected chi connectivity index (χ4v) is 3.96. The number of hydrogen-bond donors (Lipinski definition) is 1. The molecule has 0 aromatic carbocycles. The average Bonchev–Trinajstić information content (AvgIpc) is 3.12. The van der Waals surface area contributed by atoms with E-state index < -0.39 is 0 Å². The van der Waals surface area contributed by atoms with E-state index >= 15 is 0 Å². The van der Waals surface area contributed by atoms with Crippen LogP contribution in [-0.2, 0) is 0 Å². The predicted octanol–water partition coefficient (Wildman–Crippen LogP) is 2.59. The smallest absolute Gasteiger partial charge is 0.0898 e. The monoisotopic (exact) mass is 265 g/mol. The van der Waals surface area contributed by atoms with Crippen molar-refractivity contribution in [2.75, 3.05) is 20.1 Å². The summed E-state index contributed by atoms with van der Waals surface area (Å²) in [6.45, 7) is 4.50. The second-order valence-electron chi connectivity index (χ2n) is 5.67. The topological polar surface area (TPSA) is 28.2 Å². The first-order valence-corrected chi connectivity index (χ1v) is 8.00. The molecule has 2 atom stereocenters. The van der Waals surface area contributed by atoms with Gasteiger partial charge in [-0.15, -0.1) is 11.3 Å². The van der Waals surface area contributed by atoms with E-state index in [1.165, 1.54) is 42.9 Å². The Kier molecular flexibility index (Phi) is 3.68. The molecule has 2 unspecified atom stereocenters. The molecule has 2 fully saturated rings. The lowest BCUT2D eigenvalue weighted by Gasteiger charge is -2.41. The molecule has 4 heteroatoms. The van der Waals surface area contributed by atoms with Crippen LogP contribution in [0.25, 0.3) is 0 Å². The minimum Gasteiger partial charge on any atom is -0.319 e. The zero-order chi connectivity index (χ0) is 12.5. The van der Waals surface area contributed by atoms with Crippen molar-refractivity contribution in [1.29, 1.82) is 0 Å². The molecule has 1 N–H and O–H groups in total. The largest absolute Gasteiger partial charge is 0.319 e. The summed E-state index contributed by atoms with van der Waals surface area (Å²) in [5, 5.41) is 6.86. The van der Waals surface area contributed by atoms with Gasteiger partial charge in [-0.05, 0) is 58.7 Å². The van der Waals surface area contributed by atoms with Crippen LogP contribution in [0.5, 0.6) is 0 Å². The van der Waals surface area contributed by atoms with Crippen molar-refractivity contribution in [2.45, 2.75) is 44.7 Å². The molecule has 0 bridgehead atoms. The van der Waals surface area contributed by atoms with Crippen molar-refractivity contribution in [2.24, 2.45) is 5.92 Å². The molecule has 0 amide bonds. The Morgan fingerprint density at radius 1 is 1.44 bits per heavy atom. The highest BCUT2D eigenvalue weighted by Gasteiger charge is 2.41. The summed E-state index contributed by atoms with van der Waals surface area (Å²) < 4.78 is 0. The maximum Gasteiger partial charge on any atom is 0.0898 e. The summed E-state index contributed by atoms with van der Waals surface area (Å²) in [4.78, 5) is 7.51. The molecule has 1 saturated heterocycles. The van der Waals surface area contributed by atoms with Crippen molar-refractivity contribution < 1.29 is 0 Å². The number of aryl methyl sites for hydroxylation is 1. The minimum absolute atomic E-state index is 0.559. The Balaban J connectivity index is 1.85. The summed E-state index contributed by atoms with van der Waals surface area (Å²) in [5.74, 6) is 0.728. The molecule has 0 radical (unpaired) electrons. The molecule has 3 rings (SSSR count). The van der Waals surface area contributed by atoms with Crippen LogP contribution in [0.15, 0.2) is 5.38 Å². The van der Waals surface area contributed by atoms with Crippen LogP contribution in [-0.4, -0.2) is 36.1 Å². The molecule has 1 saturated carbocycles. The number of thiazole rings is 1. The first kappa shape index (κ1) is 12.6. The van der Waals surface area contributed by atoms with Crippen LogP contribution in [0.4, 0.5) is 0 Å². The van der Waals surface area contributed by atoms with Gasteiger partial charge >= 0.3 is 0 Å². The van der Waals surface area contributed by atoms with E-state index in [1.54, 1.807) is 11.3 Å². The molecule has 3 nitrogen and oxygen atoms in total. The molecule has 1 aliphatic carbocycles. The summed E-state index contributed by atoms with van der Waals surface area (Å²) in [6, 6.07) is 1.40. The third-order valence-corrected chi connectivity index (χ3v) is 5.01. The Hall–Kier alpha value is -0.450. The standard InChI is InChI=1S/C14H23N3S/c1-10-16-13(9-18-10)14-11(8-15-2)4-3-7-17(14)12-5-6-12/h9,11-12,14-15H,3-8H2,1-2H3. The minimum atomic E-state index is 0.559. The number of rotatable bonds is 4. The normalized spacial score (nSPS) is 29.7. The zero-order valence-corrected chi connectivity index (χ0v) is 12.2. The predicted molar refractivity (Wildman–Crippen MR) is 76.0 cm³/mol. The van der Waals surface area contributed by atoms with Crippen molar-refractivity contribution in [1.82, 2.24) is 15.2 Å². The van der Waals surface area contributed by atoms with Crippen molar-refractivity contribution >= 4 is 11.3 Å².